The van der Waals surface area contributed by atoms with E-state index in [0.29, 0.717) is 0 Å². The highest BCUT2D eigenvalue weighted by Gasteiger charge is 2.09. The summed E-state index contributed by atoms with van der Waals surface area (Å²) in [4.78, 5) is 15.0. The van der Waals surface area contributed by atoms with Gasteiger partial charge in [0, 0.05) is 0 Å². The van der Waals surface area contributed by atoms with Crippen molar-refractivity contribution in [2.45, 2.75) is 0 Å². The highest BCUT2D eigenvalue weighted by Crippen LogP contribution is 2.21. The number of thiazole rings is 1. The summed E-state index contributed by atoms with van der Waals surface area (Å²) in [6.45, 7) is 0. The SMILES string of the molecule is N#CC(=O)c1nc2ccccc2s1. The number of hydrogen-bond donors (Lipinski definition) is 0. The van der Waals surface area contributed by atoms with Crippen LogP contribution in [0.5, 0.6) is 0 Å². The number of nitriles is 1. The van der Waals surface area contributed by atoms with E-state index in [-0.39, 0.29) is 5.01 Å². The van der Waals surface area contributed by atoms with Gasteiger partial charge in [0.15, 0.2) is 5.01 Å². The Bertz CT molecular complexity index is 477. The van der Waals surface area contributed by atoms with Gasteiger partial charge in [-0.25, -0.2) is 4.98 Å². The van der Waals surface area contributed by atoms with E-state index in [0.717, 1.165) is 10.2 Å². The molecule has 2 aromatic rings. The highest BCUT2D eigenvalue weighted by atomic mass is 32.1. The third-order valence-electron chi connectivity index (χ3n) is 1.59. The molecule has 1 aromatic heterocycles. The Labute approximate surface area is 78.3 Å². The molecule has 0 unspecified atom stereocenters. The zero-order valence-corrected chi connectivity index (χ0v) is 7.34. The molecule has 0 N–H and O–H groups in total. The number of hydrogen-bond acceptors (Lipinski definition) is 4. The Kier molecular flexibility index (Phi) is 1.80. The van der Waals surface area contributed by atoms with E-state index >= 15 is 0 Å². The molecule has 1 aromatic carbocycles. The molecule has 62 valence electrons. The van der Waals surface area contributed by atoms with Crippen LogP contribution in [0.1, 0.15) is 9.80 Å². The molecule has 0 aliphatic rings. The van der Waals surface area contributed by atoms with Crippen LogP contribution in [-0.4, -0.2) is 10.8 Å². The van der Waals surface area contributed by atoms with Crippen molar-refractivity contribution >= 4 is 27.3 Å². The zero-order valence-electron chi connectivity index (χ0n) is 6.52. The molecule has 0 bridgehead atoms. The monoisotopic (exact) mass is 188 g/mol. The summed E-state index contributed by atoms with van der Waals surface area (Å²) in [6, 6.07) is 8.97. The molecule has 4 heteroatoms. The summed E-state index contributed by atoms with van der Waals surface area (Å²) in [7, 11) is 0. The van der Waals surface area contributed by atoms with E-state index in [2.05, 4.69) is 4.98 Å². The fourth-order valence-electron chi connectivity index (χ4n) is 1.02. The van der Waals surface area contributed by atoms with Gasteiger partial charge in [0.2, 0.25) is 0 Å². The second-order valence-electron chi connectivity index (χ2n) is 2.43. The Balaban J connectivity index is 2.64. The summed E-state index contributed by atoms with van der Waals surface area (Å²) in [5, 5.41) is 8.65. The molecule has 0 spiro atoms. The lowest BCUT2D eigenvalue weighted by molar-refractivity contribution is 0.105. The maximum Gasteiger partial charge on any atom is 0.290 e. The number of nitrogens with zero attached hydrogens (tertiary/aromatic N) is 2. The van der Waals surface area contributed by atoms with Crippen molar-refractivity contribution in [3.05, 3.63) is 29.3 Å². The van der Waals surface area contributed by atoms with Crippen LogP contribution in [0.25, 0.3) is 10.2 Å². The quantitative estimate of drug-likeness (QED) is 0.508. The number of para-hydroxylation sites is 1. The van der Waals surface area contributed by atoms with E-state index in [9.17, 15) is 4.79 Å². The molecule has 0 fully saturated rings. The van der Waals surface area contributed by atoms with Gasteiger partial charge in [-0.15, -0.1) is 11.3 Å². The number of aromatic nitrogens is 1. The first-order valence-electron chi connectivity index (χ1n) is 3.61. The molecule has 0 aliphatic carbocycles. The molecule has 0 atom stereocenters. The van der Waals surface area contributed by atoms with Gasteiger partial charge in [-0.05, 0) is 12.1 Å². The van der Waals surface area contributed by atoms with Crippen LogP contribution in [0.3, 0.4) is 0 Å². The van der Waals surface area contributed by atoms with Crippen molar-refractivity contribution in [1.29, 1.82) is 5.26 Å². The van der Waals surface area contributed by atoms with Crippen LogP contribution < -0.4 is 0 Å². The van der Waals surface area contributed by atoms with E-state index < -0.39 is 5.78 Å². The summed E-state index contributed by atoms with van der Waals surface area (Å²) in [6.07, 6.45) is 0. The van der Waals surface area contributed by atoms with E-state index in [4.69, 9.17) is 5.26 Å². The molecule has 0 amide bonds. The topological polar surface area (TPSA) is 53.8 Å². The van der Waals surface area contributed by atoms with Gasteiger partial charge in [0.1, 0.15) is 6.07 Å². The number of ketones is 1. The minimum atomic E-state index is -0.568. The molecule has 13 heavy (non-hydrogen) atoms. The number of carbonyl (C=O) groups is 1. The summed E-state index contributed by atoms with van der Waals surface area (Å²) < 4.78 is 0.932. The maximum absolute atomic E-state index is 11.0. The fourth-order valence-corrected chi connectivity index (χ4v) is 1.87. The second kappa shape index (κ2) is 2.96. The molecule has 2 rings (SSSR count). The number of benzene rings is 1. The lowest BCUT2D eigenvalue weighted by Gasteiger charge is -1.80. The largest absolute Gasteiger partial charge is 0.290 e. The third-order valence-corrected chi connectivity index (χ3v) is 2.62. The molecule has 0 saturated heterocycles. The van der Waals surface area contributed by atoms with Crippen LogP contribution in [-0.2, 0) is 0 Å². The van der Waals surface area contributed by atoms with Crippen molar-refractivity contribution in [1.82, 2.24) is 4.98 Å². The van der Waals surface area contributed by atoms with Crippen LogP contribution >= 0.6 is 11.3 Å². The number of rotatable bonds is 1. The average molecular weight is 188 g/mol. The molecule has 3 nitrogen and oxygen atoms in total. The van der Waals surface area contributed by atoms with Crippen LogP contribution in [0.2, 0.25) is 0 Å². The predicted molar refractivity (Wildman–Crippen MR) is 49.6 cm³/mol. The van der Waals surface area contributed by atoms with Gasteiger partial charge in [-0.3, -0.25) is 4.79 Å². The number of carbonyl (C=O) groups excluding carboxylic acids is 1. The molecule has 0 radical (unpaired) electrons. The molecular weight excluding hydrogens is 184 g/mol. The van der Waals surface area contributed by atoms with Crippen molar-refractivity contribution < 1.29 is 4.79 Å². The van der Waals surface area contributed by atoms with Crippen molar-refractivity contribution in [3.63, 3.8) is 0 Å². The van der Waals surface area contributed by atoms with Crippen LogP contribution in [0.4, 0.5) is 0 Å². The average Bonchev–Trinajstić information content (AvgIpc) is 2.59. The molecule has 0 saturated carbocycles. The fraction of sp³-hybridized carbons (Fsp3) is 0. The third kappa shape index (κ3) is 1.30. The smallest absolute Gasteiger partial charge is 0.274 e. The Morgan fingerprint density at radius 1 is 1.46 bits per heavy atom. The normalized spacial score (nSPS) is 9.77. The summed E-state index contributed by atoms with van der Waals surface area (Å²) in [5.74, 6) is -0.568. The first-order valence-corrected chi connectivity index (χ1v) is 4.43. The van der Waals surface area contributed by atoms with Gasteiger partial charge >= 0.3 is 0 Å². The van der Waals surface area contributed by atoms with Gasteiger partial charge in [0.25, 0.3) is 5.78 Å². The van der Waals surface area contributed by atoms with E-state index in [1.807, 2.05) is 24.3 Å². The first-order chi connectivity index (χ1) is 6.31. The van der Waals surface area contributed by atoms with E-state index in [1.54, 1.807) is 6.07 Å². The predicted octanol–water partition coefficient (Wildman–Crippen LogP) is 2.00. The van der Waals surface area contributed by atoms with Crippen LogP contribution in [0, 0.1) is 11.3 Å². The first kappa shape index (κ1) is 7.90. The number of fused-ring (bicyclic) bond motifs is 1. The Morgan fingerprint density at radius 3 is 2.92 bits per heavy atom. The minimum absolute atomic E-state index is 0.267. The van der Waals surface area contributed by atoms with Gasteiger partial charge in [0.05, 0.1) is 10.2 Å². The Morgan fingerprint density at radius 2 is 2.23 bits per heavy atom. The van der Waals surface area contributed by atoms with Crippen molar-refractivity contribution in [2.75, 3.05) is 0 Å². The summed E-state index contributed by atoms with van der Waals surface area (Å²) >= 11 is 1.25. The zero-order chi connectivity index (χ0) is 9.26. The molecular formula is C9H4N2OS. The van der Waals surface area contributed by atoms with Crippen molar-refractivity contribution in [3.8, 4) is 6.07 Å². The Hall–Kier alpha value is -1.73. The van der Waals surface area contributed by atoms with Gasteiger partial charge < -0.3 is 0 Å². The molecule has 0 aliphatic heterocycles. The lowest BCUT2D eigenvalue weighted by atomic mass is 10.3. The minimum Gasteiger partial charge on any atom is -0.274 e. The highest BCUT2D eigenvalue weighted by molar-refractivity contribution is 7.20. The maximum atomic E-state index is 11.0. The van der Waals surface area contributed by atoms with Gasteiger partial charge in [-0.1, -0.05) is 12.1 Å². The standard InChI is InChI=1S/C9H4N2OS/c10-5-7(12)9-11-6-3-1-2-4-8(6)13-9/h1-4H. The van der Waals surface area contributed by atoms with Crippen molar-refractivity contribution in [2.24, 2.45) is 0 Å². The van der Waals surface area contributed by atoms with Crippen LogP contribution in [0.15, 0.2) is 24.3 Å². The molecule has 1 heterocycles. The second-order valence-corrected chi connectivity index (χ2v) is 3.46. The van der Waals surface area contributed by atoms with E-state index in [1.165, 1.54) is 11.3 Å². The van der Waals surface area contributed by atoms with Gasteiger partial charge in [-0.2, -0.15) is 5.26 Å². The number of Topliss-reactive ketones (excluding diaryl/α,β-unsaturated/α-hetero) is 1. The summed E-state index contributed by atoms with van der Waals surface area (Å²) in [5.41, 5.74) is 0.770. The lowest BCUT2D eigenvalue weighted by Crippen LogP contribution is -1.91.